The van der Waals surface area contributed by atoms with E-state index in [1.165, 1.54) is 0 Å². The van der Waals surface area contributed by atoms with E-state index < -0.39 is 52.4 Å². The van der Waals surface area contributed by atoms with Crippen molar-refractivity contribution in [2.24, 2.45) is 0 Å². The molecule has 0 bridgehead atoms. The summed E-state index contributed by atoms with van der Waals surface area (Å²) in [6.45, 7) is -0.947. The third-order valence-corrected chi connectivity index (χ3v) is 5.69. The van der Waals surface area contributed by atoms with Crippen LogP contribution in [0.3, 0.4) is 0 Å². The maximum atomic E-state index is 12.2. The van der Waals surface area contributed by atoms with Crippen LogP contribution in [-0.4, -0.2) is 59.1 Å². The second-order valence-electron chi connectivity index (χ2n) is 5.39. The molecule has 19 heteroatoms. The normalized spacial score (nSPS) is 26.5. The number of phosphoric ester groups is 1. The molecule has 0 spiro atoms. The third kappa shape index (κ3) is 6.49. The molecule has 1 unspecified atom stereocenters. The summed E-state index contributed by atoms with van der Waals surface area (Å²) in [7, 11) is -10.5. The van der Waals surface area contributed by atoms with E-state index in [1.807, 2.05) is 0 Å². The van der Waals surface area contributed by atoms with E-state index in [2.05, 4.69) is 23.8 Å². The van der Waals surface area contributed by atoms with Crippen molar-refractivity contribution in [3.8, 4) is 0 Å². The van der Waals surface area contributed by atoms with E-state index in [9.17, 15) is 29.0 Å². The first-order valence-electron chi connectivity index (χ1n) is 7.10. The maximum Gasteiger partial charge on any atom is 1.00 e. The third-order valence-electron chi connectivity index (χ3n) is 3.54. The molecule has 1 aliphatic rings. The van der Waals surface area contributed by atoms with Crippen molar-refractivity contribution in [2.45, 2.75) is 24.5 Å². The summed E-state index contributed by atoms with van der Waals surface area (Å²) in [6, 6.07) is 0. The van der Waals surface area contributed by atoms with Gasteiger partial charge in [0.2, 0.25) is 0 Å². The number of nitrogens with zero attached hydrogens (tertiary/aromatic N) is 3. The van der Waals surface area contributed by atoms with Gasteiger partial charge in [-0.2, -0.15) is 4.31 Å². The minimum Gasteiger partial charge on any atom is -0.851 e. The van der Waals surface area contributed by atoms with Crippen LogP contribution in [0, 0.1) is 0 Å². The Balaban J connectivity index is 0.00000210. The van der Waals surface area contributed by atoms with Crippen LogP contribution in [0.5, 0.6) is 0 Å². The summed E-state index contributed by atoms with van der Waals surface area (Å²) in [5, 5.41) is 24.3. The predicted molar refractivity (Wildman–Crippen MR) is 78.5 cm³/mol. The van der Waals surface area contributed by atoms with Crippen LogP contribution in [-0.2, 0) is 22.7 Å². The summed E-state index contributed by atoms with van der Waals surface area (Å²) < 4.78 is 36.2. The molecule has 15 nitrogen and oxygen atoms in total. The van der Waals surface area contributed by atoms with Gasteiger partial charge in [-0.15, -0.1) is 6.10 Å². The fraction of sp³-hybridized carbons (Fsp3) is 0.500. The Hall–Kier alpha value is 0.490. The molecule has 0 saturated carbocycles. The summed E-state index contributed by atoms with van der Waals surface area (Å²) in [5.74, 6) is 0. The zero-order valence-electron chi connectivity index (χ0n) is 15.0. The van der Waals surface area contributed by atoms with Crippen LogP contribution in [0.25, 0.3) is 11.2 Å². The van der Waals surface area contributed by atoms with Gasteiger partial charge in [-0.1, -0.05) is 6.10 Å². The van der Waals surface area contributed by atoms with Gasteiger partial charge in [0.15, 0.2) is 11.2 Å². The number of aromatic nitrogens is 4. The molecule has 150 valence electrons. The summed E-state index contributed by atoms with van der Waals surface area (Å²) >= 11 is 0. The smallest absolute Gasteiger partial charge is 0.851 e. The number of imidazole rings is 1. The number of fused-ring (bicyclic) bond motifs is 1. The number of rotatable bonds is 6. The summed E-state index contributed by atoms with van der Waals surface area (Å²) in [5.41, 5.74) is -0.685. The first-order chi connectivity index (χ1) is 12.5. The zero-order chi connectivity index (χ0) is 20.0. The van der Waals surface area contributed by atoms with Crippen molar-refractivity contribution in [2.75, 3.05) is 6.61 Å². The number of phosphoric acid groups is 2. The number of ether oxygens (including phenoxy) is 1. The molecule has 1 fully saturated rings. The second-order valence-corrected chi connectivity index (χ2v) is 8.22. The van der Waals surface area contributed by atoms with Crippen LogP contribution in [0.2, 0.25) is 0 Å². The first kappa shape index (κ1) is 27.5. The Bertz CT molecular complexity index is 995. The fourth-order valence-electron chi connectivity index (χ4n) is 2.44. The Morgan fingerprint density at radius 3 is 2.48 bits per heavy atom. The van der Waals surface area contributed by atoms with Gasteiger partial charge in [0, 0.05) is 0 Å². The molecule has 1 aliphatic heterocycles. The van der Waals surface area contributed by atoms with E-state index in [4.69, 9.17) is 14.5 Å². The van der Waals surface area contributed by atoms with Gasteiger partial charge in [-0.05, 0) is 0 Å². The topological polar surface area (TPSA) is 232 Å². The molecule has 5 atom stereocenters. The SMILES string of the molecule is O=c1[nH]cnc2c1ncn2[C@@H]1O[C@H](COP(=O)(O)OP(=O)(O)O)[C@@H]([O-])[C@H]1[O-].[Na+].[Na+]. The molecule has 1 saturated heterocycles. The van der Waals surface area contributed by atoms with Crippen molar-refractivity contribution < 1.29 is 107 Å². The van der Waals surface area contributed by atoms with E-state index in [0.717, 1.165) is 17.2 Å². The predicted octanol–water partition coefficient (Wildman–Crippen LogP) is -9.29. The Kier molecular flexibility index (Phi) is 9.87. The van der Waals surface area contributed by atoms with Gasteiger partial charge in [0.05, 0.1) is 25.4 Å². The molecule has 3 rings (SSSR count). The van der Waals surface area contributed by atoms with Crippen LogP contribution < -0.4 is 74.9 Å². The van der Waals surface area contributed by atoms with Gasteiger partial charge >= 0.3 is 74.8 Å². The van der Waals surface area contributed by atoms with Gasteiger partial charge < -0.3 is 34.6 Å². The van der Waals surface area contributed by atoms with Gasteiger partial charge in [0.25, 0.3) is 5.56 Å². The van der Waals surface area contributed by atoms with Crippen LogP contribution >= 0.6 is 15.6 Å². The molecular weight excluding hydrogens is 460 g/mol. The number of hydrogen-bond acceptors (Lipinski definition) is 10. The quantitative estimate of drug-likeness (QED) is 0.226. The van der Waals surface area contributed by atoms with Gasteiger partial charge in [-0.25, -0.2) is 19.1 Å². The Morgan fingerprint density at radius 1 is 1.21 bits per heavy atom. The van der Waals surface area contributed by atoms with Crippen molar-refractivity contribution in [1.29, 1.82) is 0 Å². The van der Waals surface area contributed by atoms with E-state index in [0.29, 0.717) is 0 Å². The van der Waals surface area contributed by atoms with Crippen molar-refractivity contribution in [3.63, 3.8) is 0 Å². The van der Waals surface area contributed by atoms with Gasteiger partial charge in [-0.3, -0.25) is 13.9 Å². The van der Waals surface area contributed by atoms with Crippen molar-refractivity contribution >= 4 is 26.8 Å². The largest absolute Gasteiger partial charge is 1.00 e. The Labute approximate surface area is 205 Å². The summed E-state index contributed by atoms with van der Waals surface area (Å²) in [6.07, 6.45) is -4.73. The number of nitrogens with one attached hydrogen (secondary N) is 1. The second kappa shape index (κ2) is 10.4. The zero-order valence-corrected chi connectivity index (χ0v) is 20.8. The average Bonchev–Trinajstić information content (AvgIpc) is 3.07. The molecule has 3 heterocycles. The van der Waals surface area contributed by atoms with E-state index >= 15 is 0 Å². The standard InChI is InChI=1S/C10H12N4O11P2.2Na/c15-6-4(1-23-27(21,22)25-26(18,19)20)24-10(7(6)16)14-3-13-5-8(14)11-2-12-9(5)17;;/h2-4,6-7,10H,1H2,(H,21,22)(H,11,12,17)(H2,18,19,20);;/q-2;2*+1/t4-,6-,7-,10-;;/m1../s1. The average molecular weight is 472 g/mol. The molecule has 0 amide bonds. The minimum atomic E-state index is -5.33. The molecule has 0 radical (unpaired) electrons. The first-order valence-corrected chi connectivity index (χ1v) is 10.1. The molecule has 0 aromatic carbocycles. The van der Waals surface area contributed by atoms with E-state index in [1.54, 1.807) is 0 Å². The monoisotopic (exact) mass is 472 g/mol. The fourth-order valence-corrected chi connectivity index (χ4v) is 4.04. The van der Waals surface area contributed by atoms with Gasteiger partial charge in [0.1, 0.15) is 6.23 Å². The number of hydrogen-bond donors (Lipinski definition) is 4. The molecule has 0 aliphatic carbocycles. The van der Waals surface area contributed by atoms with Crippen LogP contribution in [0.1, 0.15) is 6.23 Å². The summed E-state index contributed by atoms with van der Waals surface area (Å²) in [4.78, 5) is 47.8. The molecular formula is C10H12N4Na2O11P2. The molecule has 2 aromatic rings. The minimum absolute atomic E-state index is 0. The Morgan fingerprint density at radius 2 is 1.86 bits per heavy atom. The van der Waals surface area contributed by atoms with Crippen LogP contribution in [0.4, 0.5) is 0 Å². The molecule has 4 N–H and O–H groups in total. The maximum absolute atomic E-state index is 12.2. The number of aromatic amines is 1. The van der Waals surface area contributed by atoms with Crippen molar-refractivity contribution in [3.05, 3.63) is 23.0 Å². The van der Waals surface area contributed by atoms with Crippen LogP contribution in [0.15, 0.2) is 17.4 Å². The molecule has 29 heavy (non-hydrogen) atoms. The van der Waals surface area contributed by atoms with Crippen molar-refractivity contribution in [1.82, 2.24) is 19.5 Å². The number of H-pyrrole nitrogens is 1. The van der Waals surface area contributed by atoms with E-state index in [-0.39, 0.29) is 70.3 Å². The molecule has 2 aromatic heterocycles.